The summed E-state index contributed by atoms with van der Waals surface area (Å²) in [6.45, 7) is 20.3. The fraction of sp³-hybridized carbons (Fsp3) is 0.833. The molecular weight excluding hydrogens is 344 g/mol. The Morgan fingerprint density at radius 1 is 0.643 bits per heavy atom. The highest BCUT2D eigenvalue weighted by Gasteiger charge is 2.32. The van der Waals surface area contributed by atoms with E-state index in [0.29, 0.717) is 0 Å². The monoisotopic (exact) mass is 390 g/mol. The molecule has 0 aliphatic carbocycles. The third-order valence-corrected chi connectivity index (χ3v) is 5.46. The van der Waals surface area contributed by atoms with E-state index < -0.39 is 0 Å². The van der Waals surface area contributed by atoms with Gasteiger partial charge in [0.15, 0.2) is 0 Å². The zero-order valence-electron chi connectivity index (χ0n) is 19.8. The Hall–Kier alpha value is -1.00. The van der Waals surface area contributed by atoms with Crippen LogP contribution in [0.5, 0.6) is 0 Å². The number of hydrogen-bond acceptors (Lipinski definition) is 4. The van der Waals surface area contributed by atoms with Crippen LogP contribution in [0.25, 0.3) is 0 Å². The van der Waals surface area contributed by atoms with Crippen molar-refractivity contribution in [2.24, 2.45) is 0 Å². The second-order valence-corrected chi connectivity index (χ2v) is 11.4. The van der Waals surface area contributed by atoms with Crippen LogP contribution in [0.3, 0.4) is 0 Å². The standard InChI is InChI=1S/C24H46N4/c1-21(2)15-19(16-22(3,4)27-21)25-13-11-9-10-12-14-26-20-17-23(5,6)28-24(7,8)18-20/h15,17,25-28H,9-14,16,18H2,1-8H3. The first-order chi connectivity index (χ1) is 12.8. The molecule has 0 aromatic rings. The number of nitrogens with one attached hydrogen (secondary N) is 4. The van der Waals surface area contributed by atoms with Gasteiger partial charge in [-0.1, -0.05) is 12.8 Å². The molecule has 0 saturated heterocycles. The van der Waals surface area contributed by atoms with Crippen molar-refractivity contribution in [1.82, 2.24) is 21.3 Å². The largest absolute Gasteiger partial charge is 0.388 e. The lowest BCUT2D eigenvalue weighted by molar-refractivity contribution is 0.275. The molecule has 0 radical (unpaired) electrons. The minimum Gasteiger partial charge on any atom is -0.388 e. The minimum absolute atomic E-state index is 0.0716. The molecule has 162 valence electrons. The molecular formula is C24H46N4. The molecule has 28 heavy (non-hydrogen) atoms. The van der Waals surface area contributed by atoms with Gasteiger partial charge in [-0.2, -0.15) is 0 Å². The second-order valence-electron chi connectivity index (χ2n) is 11.4. The highest BCUT2D eigenvalue weighted by atomic mass is 15.1. The summed E-state index contributed by atoms with van der Waals surface area (Å²) < 4.78 is 0. The number of unbranched alkanes of at least 4 members (excludes halogenated alkanes) is 3. The van der Waals surface area contributed by atoms with E-state index in [9.17, 15) is 0 Å². The van der Waals surface area contributed by atoms with Gasteiger partial charge in [0.25, 0.3) is 0 Å². The third-order valence-electron chi connectivity index (χ3n) is 5.46. The van der Waals surface area contributed by atoms with E-state index in [1.807, 2.05) is 0 Å². The van der Waals surface area contributed by atoms with Crippen molar-refractivity contribution in [2.75, 3.05) is 13.1 Å². The van der Waals surface area contributed by atoms with Crippen molar-refractivity contribution in [1.29, 1.82) is 0 Å². The zero-order valence-corrected chi connectivity index (χ0v) is 19.8. The maximum Gasteiger partial charge on any atom is 0.0331 e. The summed E-state index contributed by atoms with van der Waals surface area (Å²) in [5.41, 5.74) is 3.28. The summed E-state index contributed by atoms with van der Waals surface area (Å²) in [4.78, 5) is 0. The smallest absolute Gasteiger partial charge is 0.0331 e. The molecule has 0 atom stereocenters. The van der Waals surface area contributed by atoms with Gasteiger partial charge < -0.3 is 21.3 Å². The van der Waals surface area contributed by atoms with Gasteiger partial charge in [0.05, 0.1) is 0 Å². The van der Waals surface area contributed by atoms with Crippen molar-refractivity contribution in [3.63, 3.8) is 0 Å². The average Bonchev–Trinajstić information content (AvgIpc) is 2.43. The summed E-state index contributed by atoms with van der Waals surface area (Å²) in [6.07, 6.45) is 12.0. The van der Waals surface area contributed by atoms with Crippen LogP contribution in [-0.4, -0.2) is 35.2 Å². The van der Waals surface area contributed by atoms with Gasteiger partial charge in [-0.05, 0) is 80.4 Å². The summed E-state index contributed by atoms with van der Waals surface area (Å²) in [5.74, 6) is 0. The molecule has 0 spiro atoms. The highest BCUT2D eigenvalue weighted by Crippen LogP contribution is 2.27. The van der Waals surface area contributed by atoms with Crippen molar-refractivity contribution in [3.8, 4) is 0 Å². The molecule has 0 aromatic carbocycles. The molecule has 2 rings (SSSR count). The van der Waals surface area contributed by atoms with Gasteiger partial charge in [-0.15, -0.1) is 0 Å². The molecule has 2 heterocycles. The van der Waals surface area contributed by atoms with Crippen LogP contribution in [0.4, 0.5) is 0 Å². The fourth-order valence-corrected chi connectivity index (χ4v) is 5.16. The van der Waals surface area contributed by atoms with E-state index in [2.05, 4.69) is 88.8 Å². The first-order valence-corrected chi connectivity index (χ1v) is 11.3. The molecule has 0 aromatic heterocycles. The van der Waals surface area contributed by atoms with E-state index in [0.717, 1.165) is 25.9 Å². The van der Waals surface area contributed by atoms with Crippen molar-refractivity contribution in [2.45, 2.75) is 116 Å². The Balaban J connectivity index is 1.59. The second kappa shape index (κ2) is 8.79. The summed E-state index contributed by atoms with van der Waals surface area (Å²) in [6, 6.07) is 0. The van der Waals surface area contributed by atoms with Crippen LogP contribution in [0, 0.1) is 0 Å². The highest BCUT2D eigenvalue weighted by molar-refractivity contribution is 5.20. The summed E-state index contributed by atoms with van der Waals surface area (Å²) in [5, 5.41) is 14.7. The maximum atomic E-state index is 3.69. The molecule has 0 saturated carbocycles. The number of hydrogen-bond donors (Lipinski definition) is 4. The molecule has 0 unspecified atom stereocenters. The Morgan fingerprint density at radius 2 is 1.00 bits per heavy atom. The predicted octanol–water partition coefficient (Wildman–Crippen LogP) is 4.59. The Labute approximate surface area is 174 Å². The molecule has 4 heteroatoms. The van der Waals surface area contributed by atoms with Gasteiger partial charge in [-0.25, -0.2) is 0 Å². The predicted molar refractivity (Wildman–Crippen MR) is 122 cm³/mol. The maximum absolute atomic E-state index is 3.69. The van der Waals surface area contributed by atoms with Crippen molar-refractivity contribution >= 4 is 0 Å². The van der Waals surface area contributed by atoms with E-state index in [-0.39, 0.29) is 22.2 Å². The molecule has 0 bridgehead atoms. The van der Waals surface area contributed by atoms with E-state index >= 15 is 0 Å². The van der Waals surface area contributed by atoms with Crippen LogP contribution in [0.1, 0.15) is 93.9 Å². The lowest BCUT2D eigenvalue weighted by Crippen LogP contribution is -2.55. The lowest BCUT2D eigenvalue weighted by atomic mass is 9.86. The fourth-order valence-electron chi connectivity index (χ4n) is 5.16. The molecule has 4 N–H and O–H groups in total. The first kappa shape index (κ1) is 23.3. The molecule has 2 aliphatic rings. The molecule has 2 aliphatic heterocycles. The third kappa shape index (κ3) is 8.16. The van der Waals surface area contributed by atoms with Crippen LogP contribution in [0.15, 0.2) is 23.5 Å². The summed E-state index contributed by atoms with van der Waals surface area (Å²) in [7, 11) is 0. The average molecular weight is 391 g/mol. The SMILES string of the molecule is CC1(C)C=C(NCCCCCCNC2=CC(C)(C)NC(C)(C)C2)CC(C)(C)N1. The molecule has 4 nitrogen and oxygen atoms in total. The summed E-state index contributed by atoms with van der Waals surface area (Å²) >= 11 is 0. The quantitative estimate of drug-likeness (QED) is 0.435. The van der Waals surface area contributed by atoms with Gasteiger partial charge in [0, 0.05) is 59.5 Å². The van der Waals surface area contributed by atoms with Crippen LogP contribution in [0.2, 0.25) is 0 Å². The van der Waals surface area contributed by atoms with Gasteiger partial charge in [0.1, 0.15) is 0 Å². The minimum atomic E-state index is 0.0716. The topological polar surface area (TPSA) is 48.1 Å². The Morgan fingerprint density at radius 3 is 1.32 bits per heavy atom. The van der Waals surface area contributed by atoms with Gasteiger partial charge >= 0.3 is 0 Å². The lowest BCUT2D eigenvalue weighted by Gasteiger charge is -2.41. The van der Waals surface area contributed by atoms with E-state index in [1.165, 1.54) is 37.1 Å². The zero-order chi connectivity index (χ0) is 21.1. The van der Waals surface area contributed by atoms with Gasteiger partial charge in [-0.3, -0.25) is 0 Å². The number of rotatable bonds is 9. The van der Waals surface area contributed by atoms with Crippen LogP contribution >= 0.6 is 0 Å². The molecule has 0 fully saturated rings. The van der Waals surface area contributed by atoms with Crippen molar-refractivity contribution < 1.29 is 0 Å². The van der Waals surface area contributed by atoms with E-state index in [1.54, 1.807) is 0 Å². The normalized spacial score (nSPS) is 24.9. The first-order valence-electron chi connectivity index (χ1n) is 11.3. The Kier molecular flexibility index (Phi) is 7.31. The van der Waals surface area contributed by atoms with Gasteiger partial charge in [0.2, 0.25) is 0 Å². The van der Waals surface area contributed by atoms with Crippen molar-refractivity contribution in [3.05, 3.63) is 23.5 Å². The molecule has 0 amide bonds. The Bertz CT molecular complexity index is 529. The van der Waals surface area contributed by atoms with E-state index in [4.69, 9.17) is 0 Å². The van der Waals surface area contributed by atoms with Crippen LogP contribution in [-0.2, 0) is 0 Å². The van der Waals surface area contributed by atoms with Crippen LogP contribution < -0.4 is 21.3 Å².